The zero-order valence-corrected chi connectivity index (χ0v) is 14.2. The predicted molar refractivity (Wildman–Crippen MR) is 99.0 cm³/mol. The molecule has 4 aromatic rings. The molecule has 0 aliphatic heterocycles. The van der Waals surface area contributed by atoms with E-state index >= 15 is 0 Å². The third-order valence-electron chi connectivity index (χ3n) is 4.20. The highest BCUT2D eigenvalue weighted by molar-refractivity contribution is 7.13. The molecule has 0 aliphatic rings. The number of nitrogens with one attached hydrogen (secondary N) is 1. The van der Waals surface area contributed by atoms with Gasteiger partial charge in [0.05, 0.1) is 10.6 Å². The maximum Gasteiger partial charge on any atom is 0.177 e. The molecule has 24 heavy (non-hydrogen) atoms. The normalized spacial score (nSPS) is 12.5. The molecular weight excluding hydrogens is 316 g/mol. The lowest BCUT2D eigenvalue weighted by Crippen LogP contribution is -2.18. The molecule has 1 unspecified atom stereocenters. The highest BCUT2D eigenvalue weighted by Crippen LogP contribution is 2.26. The Morgan fingerprint density at radius 3 is 2.83 bits per heavy atom. The van der Waals surface area contributed by atoms with Crippen LogP contribution in [0.15, 0.2) is 70.6 Å². The summed E-state index contributed by atoms with van der Waals surface area (Å²) in [6.07, 6.45) is 0. The molecule has 2 heterocycles. The number of thiophene rings is 1. The molecule has 4 heteroatoms. The van der Waals surface area contributed by atoms with E-state index in [1.54, 1.807) is 11.3 Å². The topological polar surface area (TPSA) is 38.1 Å². The van der Waals surface area contributed by atoms with Gasteiger partial charge < -0.3 is 9.84 Å². The van der Waals surface area contributed by atoms with Crippen molar-refractivity contribution in [2.45, 2.75) is 19.5 Å². The largest absolute Gasteiger partial charge is 0.355 e. The van der Waals surface area contributed by atoms with E-state index in [-0.39, 0.29) is 6.04 Å². The molecule has 1 atom stereocenters. The van der Waals surface area contributed by atoms with Gasteiger partial charge in [0, 0.05) is 18.7 Å². The van der Waals surface area contributed by atoms with Crippen LogP contribution in [0.1, 0.15) is 24.2 Å². The van der Waals surface area contributed by atoms with Crippen LogP contribution < -0.4 is 5.32 Å². The molecule has 1 N–H and O–H groups in total. The van der Waals surface area contributed by atoms with Crippen LogP contribution in [0.25, 0.3) is 21.4 Å². The van der Waals surface area contributed by atoms with E-state index in [2.05, 4.69) is 59.9 Å². The number of hydrogen-bond donors (Lipinski definition) is 1. The summed E-state index contributed by atoms with van der Waals surface area (Å²) in [4.78, 5) is 1.11. The highest BCUT2D eigenvalue weighted by Gasteiger charge is 2.11. The lowest BCUT2D eigenvalue weighted by molar-refractivity contribution is 0.417. The van der Waals surface area contributed by atoms with Gasteiger partial charge in [-0.15, -0.1) is 11.3 Å². The minimum Gasteiger partial charge on any atom is -0.355 e. The summed E-state index contributed by atoms with van der Waals surface area (Å²) in [5.74, 6) is 0.833. The maximum absolute atomic E-state index is 5.44. The smallest absolute Gasteiger partial charge is 0.177 e. The maximum atomic E-state index is 5.44. The average molecular weight is 334 g/mol. The van der Waals surface area contributed by atoms with E-state index in [0.717, 1.165) is 16.3 Å². The van der Waals surface area contributed by atoms with E-state index in [0.29, 0.717) is 6.54 Å². The molecule has 2 aromatic heterocycles. The molecule has 2 aromatic carbocycles. The van der Waals surface area contributed by atoms with Crippen molar-refractivity contribution in [1.29, 1.82) is 0 Å². The monoisotopic (exact) mass is 334 g/mol. The van der Waals surface area contributed by atoms with Crippen molar-refractivity contribution in [2.24, 2.45) is 0 Å². The van der Waals surface area contributed by atoms with E-state index in [1.807, 2.05) is 23.6 Å². The summed E-state index contributed by atoms with van der Waals surface area (Å²) < 4.78 is 5.44. The van der Waals surface area contributed by atoms with Crippen molar-refractivity contribution >= 4 is 22.1 Å². The molecule has 0 bridgehead atoms. The summed E-state index contributed by atoms with van der Waals surface area (Å²) >= 11 is 1.66. The third-order valence-corrected chi connectivity index (χ3v) is 5.09. The first kappa shape index (κ1) is 15.1. The number of nitrogens with zero attached hydrogens (tertiary/aromatic N) is 1. The van der Waals surface area contributed by atoms with Crippen LogP contribution in [-0.2, 0) is 6.54 Å². The number of benzene rings is 2. The first-order valence-electron chi connectivity index (χ1n) is 8.02. The molecule has 0 aliphatic carbocycles. The predicted octanol–water partition coefficient (Wildman–Crippen LogP) is 5.41. The van der Waals surface area contributed by atoms with Crippen molar-refractivity contribution < 1.29 is 4.52 Å². The Labute approximate surface area is 144 Å². The fourth-order valence-electron chi connectivity index (χ4n) is 2.93. The Bertz CT molecular complexity index is 938. The van der Waals surface area contributed by atoms with Crippen molar-refractivity contribution in [3.63, 3.8) is 0 Å². The fraction of sp³-hybridized carbons (Fsp3) is 0.150. The molecule has 0 amide bonds. The van der Waals surface area contributed by atoms with Crippen molar-refractivity contribution in [3.8, 4) is 10.6 Å². The minimum atomic E-state index is 0.234. The molecule has 3 nitrogen and oxygen atoms in total. The van der Waals surface area contributed by atoms with Gasteiger partial charge in [0.15, 0.2) is 5.76 Å². The molecule has 120 valence electrons. The van der Waals surface area contributed by atoms with Gasteiger partial charge in [-0.1, -0.05) is 53.7 Å². The molecule has 0 saturated heterocycles. The van der Waals surface area contributed by atoms with E-state index < -0.39 is 0 Å². The van der Waals surface area contributed by atoms with Gasteiger partial charge in [-0.2, -0.15) is 0 Å². The Hall–Kier alpha value is -2.43. The van der Waals surface area contributed by atoms with E-state index in [9.17, 15) is 0 Å². The van der Waals surface area contributed by atoms with E-state index in [1.165, 1.54) is 16.3 Å². The molecule has 0 spiro atoms. The molecule has 4 rings (SSSR count). The van der Waals surface area contributed by atoms with Gasteiger partial charge in [0.25, 0.3) is 0 Å². The lowest BCUT2D eigenvalue weighted by Gasteiger charge is -2.15. The zero-order chi connectivity index (χ0) is 16.4. The Morgan fingerprint density at radius 1 is 1.08 bits per heavy atom. The summed E-state index contributed by atoms with van der Waals surface area (Å²) in [6.45, 7) is 2.86. The zero-order valence-electron chi connectivity index (χ0n) is 13.4. The van der Waals surface area contributed by atoms with Gasteiger partial charge in [-0.05, 0) is 34.7 Å². The standard InChI is InChI=1S/C20H18N2OS/c1-14(17-9-4-7-15-6-2-3-8-18(15)17)21-13-16-12-19(23-22-16)20-10-5-11-24-20/h2-12,14,21H,13H2,1H3. The van der Waals surface area contributed by atoms with Gasteiger partial charge >= 0.3 is 0 Å². The number of rotatable bonds is 5. The Morgan fingerprint density at radius 2 is 1.96 bits per heavy atom. The SMILES string of the molecule is CC(NCc1cc(-c2cccs2)on1)c1cccc2ccccc12. The molecule has 0 fully saturated rings. The first-order chi connectivity index (χ1) is 11.8. The number of hydrogen-bond acceptors (Lipinski definition) is 4. The third kappa shape index (κ3) is 2.98. The number of aromatic nitrogens is 1. The molecule has 0 radical (unpaired) electrons. The lowest BCUT2D eigenvalue weighted by atomic mass is 10.00. The summed E-state index contributed by atoms with van der Waals surface area (Å²) in [6, 6.07) is 21.2. The van der Waals surface area contributed by atoms with Crippen molar-refractivity contribution in [3.05, 3.63) is 77.3 Å². The summed E-state index contributed by atoms with van der Waals surface area (Å²) in [5, 5.41) is 12.3. The molecular formula is C20H18N2OS. The minimum absolute atomic E-state index is 0.234. The second-order valence-corrected chi connectivity index (χ2v) is 6.78. The van der Waals surface area contributed by atoms with Crippen LogP contribution >= 0.6 is 11.3 Å². The highest BCUT2D eigenvalue weighted by atomic mass is 32.1. The summed E-state index contributed by atoms with van der Waals surface area (Å²) in [7, 11) is 0. The molecule has 0 saturated carbocycles. The fourth-order valence-corrected chi connectivity index (χ4v) is 3.60. The van der Waals surface area contributed by atoms with Crippen LogP contribution in [0.2, 0.25) is 0 Å². The summed E-state index contributed by atoms with van der Waals surface area (Å²) in [5.41, 5.74) is 2.22. The van der Waals surface area contributed by atoms with Crippen LogP contribution in [0.4, 0.5) is 0 Å². The average Bonchev–Trinajstić information content (AvgIpc) is 3.30. The quantitative estimate of drug-likeness (QED) is 0.530. The first-order valence-corrected chi connectivity index (χ1v) is 8.90. The van der Waals surface area contributed by atoms with Crippen LogP contribution in [0, 0.1) is 0 Å². The van der Waals surface area contributed by atoms with Gasteiger partial charge in [0.1, 0.15) is 0 Å². The van der Waals surface area contributed by atoms with Crippen molar-refractivity contribution in [2.75, 3.05) is 0 Å². The van der Waals surface area contributed by atoms with Crippen LogP contribution in [0.3, 0.4) is 0 Å². The van der Waals surface area contributed by atoms with Crippen LogP contribution in [0.5, 0.6) is 0 Å². The number of fused-ring (bicyclic) bond motifs is 1. The van der Waals surface area contributed by atoms with Gasteiger partial charge in [-0.3, -0.25) is 0 Å². The van der Waals surface area contributed by atoms with Crippen molar-refractivity contribution in [1.82, 2.24) is 10.5 Å². The second-order valence-electron chi connectivity index (χ2n) is 5.83. The second kappa shape index (κ2) is 6.59. The van der Waals surface area contributed by atoms with E-state index in [4.69, 9.17) is 4.52 Å². The van der Waals surface area contributed by atoms with Crippen LogP contribution in [-0.4, -0.2) is 5.16 Å². The van der Waals surface area contributed by atoms with Gasteiger partial charge in [-0.25, -0.2) is 0 Å². The van der Waals surface area contributed by atoms with Gasteiger partial charge in [0.2, 0.25) is 0 Å². The Balaban J connectivity index is 1.49. The Kier molecular flexibility index (Phi) is 4.15.